The third kappa shape index (κ3) is 2.63. The van der Waals surface area contributed by atoms with Crippen LogP contribution in [0.4, 0.5) is 5.13 Å². The topological polar surface area (TPSA) is 74.5 Å². The zero-order valence-corrected chi connectivity index (χ0v) is 11.6. The number of hydrogen-bond donors (Lipinski definition) is 2. The maximum Gasteiger partial charge on any atom is 0.277 e. The molecule has 1 aromatic heterocycles. The lowest BCUT2D eigenvalue weighted by Crippen LogP contribution is -2.44. The molecule has 0 unspecified atom stereocenters. The molecule has 100 valence electrons. The van der Waals surface area contributed by atoms with Gasteiger partial charge in [0, 0.05) is 26.2 Å². The predicted molar refractivity (Wildman–Crippen MR) is 72.9 cm³/mol. The largest absolute Gasteiger partial charge is 0.346 e. The highest BCUT2D eigenvalue weighted by Crippen LogP contribution is 2.27. The predicted octanol–water partition coefficient (Wildman–Crippen LogP) is 0.0608. The Morgan fingerprint density at radius 1 is 1.44 bits per heavy atom. The molecule has 18 heavy (non-hydrogen) atoms. The number of carbonyl (C=O) groups excluding carboxylic acids is 1. The number of nitrogens with one attached hydrogen (secondary N) is 1. The number of anilines is 1. The van der Waals surface area contributed by atoms with Crippen LogP contribution >= 0.6 is 11.3 Å². The van der Waals surface area contributed by atoms with Gasteiger partial charge in [0.1, 0.15) is 4.88 Å². The van der Waals surface area contributed by atoms with Gasteiger partial charge >= 0.3 is 0 Å². The Bertz CT molecular complexity index is 425. The number of hydrazine groups is 1. The zero-order chi connectivity index (χ0) is 13.1. The first kappa shape index (κ1) is 13.3. The number of likely N-dealkylation sites (N-methyl/N-ethyl adjacent to an activating group) is 1. The number of nitrogens with two attached hydrogens (primary N) is 1. The van der Waals surface area contributed by atoms with Gasteiger partial charge in [-0.1, -0.05) is 18.3 Å². The number of aryl methyl sites for hydroxylation is 1. The highest BCUT2D eigenvalue weighted by molar-refractivity contribution is 7.17. The van der Waals surface area contributed by atoms with Crippen molar-refractivity contribution in [3.8, 4) is 0 Å². The van der Waals surface area contributed by atoms with E-state index in [9.17, 15) is 4.79 Å². The number of rotatable bonds is 3. The van der Waals surface area contributed by atoms with Gasteiger partial charge in [-0.25, -0.2) is 10.8 Å². The van der Waals surface area contributed by atoms with E-state index in [1.54, 1.807) is 0 Å². The van der Waals surface area contributed by atoms with Gasteiger partial charge in [0.15, 0.2) is 5.13 Å². The number of aromatic nitrogens is 1. The van der Waals surface area contributed by atoms with E-state index < -0.39 is 0 Å². The summed E-state index contributed by atoms with van der Waals surface area (Å²) in [5.41, 5.74) is 3.01. The van der Waals surface area contributed by atoms with Crippen LogP contribution in [0.1, 0.15) is 22.3 Å². The molecule has 1 amide bonds. The molecule has 0 saturated carbocycles. The highest BCUT2D eigenvalue weighted by atomic mass is 32.1. The maximum absolute atomic E-state index is 11.6. The summed E-state index contributed by atoms with van der Waals surface area (Å²) in [6.07, 6.45) is 0.743. The Labute approximate surface area is 111 Å². The molecule has 2 rings (SSSR count). The van der Waals surface area contributed by atoms with E-state index in [1.165, 1.54) is 11.3 Å². The van der Waals surface area contributed by atoms with E-state index >= 15 is 0 Å². The lowest BCUT2D eigenvalue weighted by Gasteiger charge is -2.32. The van der Waals surface area contributed by atoms with Crippen molar-refractivity contribution in [3.63, 3.8) is 0 Å². The van der Waals surface area contributed by atoms with Crippen LogP contribution in [-0.2, 0) is 6.42 Å². The second-order valence-electron chi connectivity index (χ2n) is 4.39. The van der Waals surface area contributed by atoms with Gasteiger partial charge < -0.3 is 9.80 Å². The van der Waals surface area contributed by atoms with Crippen molar-refractivity contribution in [3.05, 3.63) is 10.6 Å². The minimum Gasteiger partial charge on any atom is -0.346 e. The molecule has 2 heterocycles. The molecule has 1 aliphatic heterocycles. The fourth-order valence-corrected chi connectivity index (χ4v) is 3.06. The van der Waals surface area contributed by atoms with E-state index in [0.717, 1.165) is 43.4 Å². The van der Waals surface area contributed by atoms with E-state index in [-0.39, 0.29) is 5.91 Å². The van der Waals surface area contributed by atoms with Gasteiger partial charge in [-0.3, -0.25) is 10.2 Å². The summed E-state index contributed by atoms with van der Waals surface area (Å²) in [5.74, 6) is 4.95. The Morgan fingerprint density at radius 3 is 2.67 bits per heavy atom. The van der Waals surface area contributed by atoms with Crippen LogP contribution in [-0.4, -0.2) is 49.0 Å². The lowest BCUT2D eigenvalue weighted by atomic mass is 10.3. The average Bonchev–Trinajstić information content (AvgIpc) is 2.82. The molecule has 0 bridgehead atoms. The number of nitrogen functional groups attached to an aromatic ring is 1. The smallest absolute Gasteiger partial charge is 0.277 e. The molecule has 1 saturated heterocycles. The monoisotopic (exact) mass is 269 g/mol. The van der Waals surface area contributed by atoms with E-state index in [4.69, 9.17) is 5.84 Å². The standard InChI is InChI=1S/C11H19N5OS/c1-3-8-9(10(17)14-12)18-11(13-8)16-6-4-15(2)5-7-16/h3-7,12H2,1-2H3,(H,14,17). The fourth-order valence-electron chi connectivity index (χ4n) is 1.95. The number of nitrogens with zero attached hydrogens (tertiary/aromatic N) is 3. The molecule has 3 N–H and O–H groups in total. The zero-order valence-electron chi connectivity index (χ0n) is 10.8. The van der Waals surface area contributed by atoms with Crippen molar-refractivity contribution in [1.82, 2.24) is 15.3 Å². The summed E-state index contributed by atoms with van der Waals surface area (Å²) in [7, 11) is 2.12. The summed E-state index contributed by atoms with van der Waals surface area (Å²) in [5, 5.41) is 0.929. The van der Waals surface area contributed by atoms with Crippen molar-refractivity contribution < 1.29 is 4.79 Å². The molecule has 0 atom stereocenters. The number of hydrogen-bond acceptors (Lipinski definition) is 6. The third-order valence-corrected chi connectivity index (χ3v) is 4.29. The first-order chi connectivity index (χ1) is 8.65. The van der Waals surface area contributed by atoms with Crippen LogP contribution < -0.4 is 16.2 Å². The van der Waals surface area contributed by atoms with Crippen LogP contribution in [0, 0.1) is 0 Å². The van der Waals surface area contributed by atoms with Gasteiger partial charge in [0.25, 0.3) is 5.91 Å². The van der Waals surface area contributed by atoms with Crippen molar-refractivity contribution >= 4 is 22.4 Å². The minimum absolute atomic E-state index is 0.246. The van der Waals surface area contributed by atoms with Crippen molar-refractivity contribution in [2.45, 2.75) is 13.3 Å². The van der Waals surface area contributed by atoms with Crippen molar-refractivity contribution in [2.24, 2.45) is 5.84 Å². The molecule has 0 spiro atoms. The molecule has 1 aliphatic rings. The Hall–Kier alpha value is -1.18. The Kier molecular flexibility index (Phi) is 4.15. The van der Waals surface area contributed by atoms with Gasteiger partial charge in [-0.05, 0) is 13.5 Å². The summed E-state index contributed by atoms with van der Waals surface area (Å²) >= 11 is 1.43. The van der Waals surface area contributed by atoms with Crippen molar-refractivity contribution in [2.75, 3.05) is 38.1 Å². The van der Waals surface area contributed by atoms with E-state index in [0.29, 0.717) is 4.88 Å². The van der Waals surface area contributed by atoms with Crippen LogP contribution in [0.25, 0.3) is 0 Å². The van der Waals surface area contributed by atoms with Gasteiger partial charge in [0.2, 0.25) is 0 Å². The minimum atomic E-state index is -0.246. The number of amides is 1. The third-order valence-electron chi connectivity index (χ3n) is 3.13. The number of carbonyl (C=O) groups is 1. The number of thiazole rings is 1. The fraction of sp³-hybridized carbons (Fsp3) is 0.636. The van der Waals surface area contributed by atoms with E-state index in [2.05, 4.69) is 27.3 Å². The second-order valence-corrected chi connectivity index (χ2v) is 5.37. The maximum atomic E-state index is 11.6. The normalized spacial score (nSPS) is 16.9. The van der Waals surface area contributed by atoms with Gasteiger partial charge in [-0.15, -0.1) is 0 Å². The molecule has 6 nitrogen and oxygen atoms in total. The quantitative estimate of drug-likeness (QED) is 0.461. The van der Waals surface area contributed by atoms with Crippen LogP contribution in [0.2, 0.25) is 0 Å². The van der Waals surface area contributed by atoms with Crippen LogP contribution in [0.5, 0.6) is 0 Å². The molecule has 7 heteroatoms. The SMILES string of the molecule is CCc1nc(N2CCN(C)CC2)sc1C(=O)NN. The number of piperazine rings is 1. The second kappa shape index (κ2) is 5.64. The molecule has 0 radical (unpaired) electrons. The van der Waals surface area contributed by atoms with Gasteiger partial charge in [-0.2, -0.15) is 0 Å². The lowest BCUT2D eigenvalue weighted by molar-refractivity contribution is 0.0956. The summed E-state index contributed by atoms with van der Waals surface area (Å²) in [6, 6.07) is 0. The highest BCUT2D eigenvalue weighted by Gasteiger charge is 2.21. The van der Waals surface area contributed by atoms with Gasteiger partial charge in [0.05, 0.1) is 5.69 Å². The van der Waals surface area contributed by atoms with Crippen molar-refractivity contribution in [1.29, 1.82) is 0 Å². The summed E-state index contributed by atoms with van der Waals surface area (Å²) in [4.78, 5) is 21.4. The van der Waals surface area contributed by atoms with Crippen LogP contribution in [0.15, 0.2) is 0 Å². The average molecular weight is 269 g/mol. The first-order valence-electron chi connectivity index (χ1n) is 6.09. The molecule has 0 aromatic carbocycles. The first-order valence-corrected chi connectivity index (χ1v) is 6.91. The Balaban J connectivity index is 2.19. The molecule has 0 aliphatic carbocycles. The van der Waals surface area contributed by atoms with E-state index in [1.807, 2.05) is 6.92 Å². The Morgan fingerprint density at radius 2 is 2.11 bits per heavy atom. The molecule has 1 fully saturated rings. The molecule has 1 aromatic rings. The summed E-state index contributed by atoms with van der Waals surface area (Å²) in [6.45, 7) is 5.96. The molecular weight excluding hydrogens is 250 g/mol. The summed E-state index contributed by atoms with van der Waals surface area (Å²) < 4.78 is 0. The molecular formula is C11H19N5OS. The van der Waals surface area contributed by atoms with Crippen LogP contribution in [0.3, 0.4) is 0 Å².